The molecule has 0 heterocycles. The molecule has 3 heteroatoms. The molecule has 4 saturated carbocycles. The van der Waals surface area contributed by atoms with E-state index in [1.165, 1.54) is 26.4 Å². The van der Waals surface area contributed by atoms with E-state index in [9.17, 15) is 9.59 Å². The summed E-state index contributed by atoms with van der Waals surface area (Å²) in [4.78, 5) is 24.4. The van der Waals surface area contributed by atoms with E-state index in [4.69, 9.17) is 4.74 Å². The van der Waals surface area contributed by atoms with E-state index in [-0.39, 0.29) is 11.4 Å². The summed E-state index contributed by atoms with van der Waals surface area (Å²) in [5.74, 6) is 2.34. The quantitative estimate of drug-likeness (QED) is 0.613. The molecule has 4 bridgehead atoms. The van der Waals surface area contributed by atoms with Crippen LogP contribution < -0.4 is 0 Å². The van der Waals surface area contributed by atoms with Crippen LogP contribution in [-0.2, 0) is 9.53 Å². The topological polar surface area (TPSA) is 43.4 Å². The number of carbonyl (C=O) groups excluding carboxylic acids is 2. The monoisotopic (exact) mass is 324 g/mol. The van der Waals surface area contributed by atoms with Crippen LogP contribution >= 0.6 is 0 Å². The lowest BCUT2D eigenvalue weighted by Gasteiger charge is -2.55. The van der Waals surface area contributed by atoms with Gasteiger partial charge in [-0.25, -0.2) is 4.79 Å². The maximum atomic E-state index is 12.9. The first-order valence-electron chi connectivity index (χ1n) is 8.99. The Morgan fingerprint density at radius 2 is 1.54 bits per heavy atom. The zero-order chi connectivity index (χ0) is 16.7. The molecule has 4 aliphatic rings. The van der Waals surface area contributed by atoms with Crippen LogP contribution in [0.4, 0.5) is 0 Å². The average molecular weight is 324 g/mol. The van der Waals surface area contributed by atoms with Crippen LogP contribution in [0.15, 0.2) is 30.3 Å². The summed E-state index contributed by atoms with van der Waals surface area (Å²) in [5, 5.41) is 0. The van der Waals surface area contributed by atoms with Crippen LogP contribution in [-0.4, -0.2) is 18.9 Å². The first kappa shape index (κ1) is 15.6. The predicted molar refractivity (Wildman–Crippen MR) is 92.4 cm³/mol. The van der Waals surface area contributed by atoms with Gasteiger partial charge in [0.2, 0.25) is 0 Å². The molecule has 1 aromatic rings. The molecule has 0 saturated heterocycles. The Kier molecular flexibility index (Phi) is 3.82. The number of hydrogen-bond acceptors (Lipinski definition) is 3. The molecule has 0 N–H and O–H groups in total. The van der Waals surface area contributed by atoms with Gasteiger partial charge in [0.15, 0.2) is 5.78 Å². The SMILES string of the molecule is COC(=O)c1ccc(C=CC(=O)C23CC4CC(CC(C4)C2)C3)cc1. The van der Waals surface area contributed by atoms with Gasteiger partial charge in [0.05, 0.1) is 12.7 Å². The third-order valence-electron chi connectivity index (χ3n) is 6.32. The van der Waals surface area contributed by atoms with Crippen molar-refractivity contribution in [2.75, 3.05) is 7.11 Å². The van der Waals surface area contributed by atoms with Gasteiger partial charge in [-0.15, -0.1) is 0 Å². The maximum Gasteiger partial charge on any atom is 0.337 e. The predicted octanol–water partition coefficient (Wildman–Crippen LogP) is 4.27. The van der Waals surface area contributed by atoms with Crippen LogP contribution in [0.5, 0.6) is 0 Å². The Bertz CT molecular complexity index is 648. The number of hydrogen-bond donors (Lipinski definition) is 0. The molecule has 0 aliphatic heterocycles. The van der Waals surface area contributed by atoms with Gasteiger partial charge in [0, 0.05) is 5.41 Å². The number of ketones is 1. The number of ether oxygens (including phenoxy) is 1. The van der Waals surface area contributed by atoms with Crippen molar-refractivity contribution in [1.29, 1.82) is 0 Å². The molecular formula is C21H24O3. The number of esters is 1. The smallest absolute Gasteiger partial charge is 0.337 e. The van der Waals surface area contributed by atoms with Gasteiger partial charge >= 0.3 is 5.97 Å². The van der Waals surface area contributed by atoms with E-state index in [2.05, 4.69) is 0 Å². The molecule has 0 atom stereocenters. The van der Waals surface area contributed by atoms with Crippen molar-refractivity contribution < 1.29 is 14.3 Å². The second-order valence-corrected chi connectivity index (χ2v) is 8.01. The summed E-state index contributed by atoms with van der Waals surface area (Å²) in [6.07, 6.45) is 11.0. The number of benzene rings is 1. The molecule has 24 heavy (non-hydrogen) atoms. The summed E-state index contributed by atoms with van der Waals surface area (Å²) in [6, 6.07) is 7.19. The number of allylic oxidation sites excluding steroid dienone is 1. The van der Waals surface area contributed by atoms with Crippen molar-refractivity contribution in [2.24, 2.45) is 23.2 Å². The summed E-state index contributed by atoms with van der Waals surface area (Å²) in [7, 11) is 1.38. The molecule has 0 unspecified atom stereocenters. The number of methoxy groups -OCH3 is 1. The van der Waals surface area contributed by atoms with Crippen LogP contribution in [0.3, 0.4) is 0 Å². The zero-order valence-electron chi connectivity index (χ0n) is 14.2. The van der Waals surface area contributed by atoms with Crippen molar-refractivity contribution in [3.05, 3.63) is 41.5 Å². The van der Waals surface area contributed by atoms with Gasteiger partial charge < -0.3 is 4.74 Å². The highest BCUT2D eigenvalue weighted by Crippen LogP contribution is 2.60. The average Bonchev–Trinajstić information content (AvgIpc) is 2.58. The van der Waals surface area contributed by atoms with E-state index >= 15 is 0 Å². The van der Waals surface area contributed by atoms with Crippen LogP contribution in [0.1, 0.15) is 54.4 Å². The molecule has 4 aliphatic carbocycles. The van der Waals surface area contributed by atoms with Crippen molar-refractivity contribution in [3.8, 4) is 0 Å². The first-order chi connectivity index (χ1) is 11.6. The Morgan fingerprint density at radius 1 is 1.00 bits per heavy atom. The Hall–Kier alpha value is -1.90. The third-order valence-corrected chi connectivity index (χ3v) is 6.32. The number of carbonyl (C=O) groups is 2. The summed E-state index contributed by atoms with van der Waals surface area (Å²) in [6.45, 7) is 0. The van der Waals surface area contributed by atoms with E-state index in [1.54, 1.807) is 18.2 Å². The molecule has 0 radical (unpaired) electrons. The van der Waals surface area contributed by atoms with Gasteiger partial charge in [-0.05, 0) is 80.1 Å². The van der Waals surface area contributed by atoms with Crippen LogP contribution in [0, 0.1) is 23.2 Å². The highest BCUT2D eigenvalue weighted by molar-refractivity contribution is 5.98. The standard InChI is InChI=1S/C21H24O3/c1-24-20(23)18-5-2-14(3-6-18)4-7-19(22)21-11-15-8-16(12-21)10-17(9-15)13-21/h2-7,15-17H,8-13H2,1H3. The summed E-state index contributed by atoms with van der Waals surface area (Å²) >= 11 is 0. The largest absolute Gasteiger partial charge is 0.465 e. The Labute approximate surface area is 143 Å². The first-order valence-corrected chi connectivity index (χ1v) is 8.99. The minimum absolute atomic E-state index is 0.0722. The van der Waals surface area contributed by atoms with Gasteiger partial charge in [-0.1, -0.05) is 18.2 Å². The van der Waals surface area contributed by atoms with Gasteiger partial charge in [0.1, 0.15) is 0 Å². The second kappa shape index (κ2) is 5.87. The third kappa shape index (κ3) is 2.70. The fourth-order valence-electron chi connectivity index (χ4n) is 5.61. The maximum absolute atomic E-state index is 12.9. The lowest BCUT2D eigenvalue weighted by Crippen LogP contribution is -2.49. The van der Waals surface area contributed by atoms with Crippen molar-refractivity contribution in [2.45, 2.75) is 38.5 Å². The van der Waals surface area contributed by atoms with E-state index in [0.29, 0.717) is 11.3 Å². The lowest BCUT2D eigenvalue weighted by atomic mass is 9.48. The molecule has 0 spiro atoms. The van der Waals surface area contributed by atoms with Crippen LogP contribution in [0.25, 0.3) is 6.08 Å². The highest BCUT2D eigenvalue weighted by atomic mass is 16.5. The minimum atomic E-state index is -0.338. The molecule has 4 fully saturated rings. The van der Waals surface area contributed by atoms with E-state index in [0.717, 1.165) is 42.6 Å². The fraction of sp³-hybridized carbons (Fsp3) is 0.524. The highest BCUT2D eigenvalue weighted by Gasteiger charge is 2.53. The Morgan fingerprint density at radius 3 is 2.04 bits per heavy atom. The van der Waals surface area contributed by atoms with Crippen molar-refractivity contribution in [3.63, 3.8) is 0 Å². The number of rotatable bonds is 4. The normalized spacial score (nSPS) is 33.8. The Balaban J connectivity index is 1.48. The summed E-state index contributed by atoms with van der Waals surface area (Å²) in [5.41, 5.74) is 1.40. The fourth-order valence-corrected chi connectivity index (χ4v) is 5.61. The van der Waals surface area contributed by atoms with Crippen molar-refractivity contribution >= 4 is 17.8 Å². The molecule has 126 valence electrons. The van der Waals surface area contributed by atoms with Gasteiger partial charge in [-0.2, -0.15) is 0 Å². The molecule has 3 nitrogen and oxygen atoms in total. The van der Waals surface area contributed by atoms with Crippen molar-refractivity contribution in [1.82, 2.24) is 0 Å². The van der Waals surface area contributed by atoms with Crippen LogP contribution in [0.2, 0.25) is 0 Å². The van der Waals surface area contributed by atoms with Gasteiger partial charge in [-0.3, -0.25) is 4.79 Å². The molecule has 0 amide bonds. The molecule has 1 aromatic carbocycles. The lowest BCUT2D eigenvalue weighted by molar-refractivity contribution is -0.138. The van der Waals surface area contributed by atoms with E-state index < -0.39 is 0 Å². The molecule has 0 aromatic heterocycles. The molecule has 5 rings (SSSR count). The van der Waals surface area contributed by atoms with Gasteiger partial charge in [0.25, 0.3) is 0 Å². The zero-order valence-corrected chi connectivity index (χ0v) is 14.2. The summed E-state index contributed by atoms with van der Waals surface area (Å²) < 4.78 is 4.70. The second-order valence-electron chi connectivity index (χ2n) is 8.01. The minimum Gasteiger partial charge on any atom is -0.465 e. The van der Waals surface area contributed by atoms with E-state index in [1.807, 2.05) is 18.2 Å². The molecular weight excluding hydrogens is 300 g/mol.